The lowest BCUT2D eigenvalue weighted by molar-refractivity contribution is -0.0781. The van der Waals surface area contributed by atoms with E-state index in [-0.39, 0.29) is 5.60 Å². The predicted octanol–water partition coefficient (Wildman–Crippen LogP) is 3.93. The van der Waals surface area contributed by atoms with Crippen LogP contribution in [0.4, 0.5) is 5.69 Å². The molecule has 0 bridgehead atoms. The monoisotopic (exact) mass is 361 g/mol. The number of hydrogen-bond donors (Lipinski definition) is 0. The van der Waals surface area contributed by atoms with Gasteiger partial charge in [-0.15, -0.1) is 0 Å². The zero-order valence-electron chi connectivity index (χ0n) is 12.6. The number of rotatable bonds is 1. The number of ether oxygens (including phenoxy) is 1. The zero-order chi connectivity index (χ0) is 15.0. The number of hydrogen-bond acceptors (Lipinski definition) is 4. The van der Waals surface area contributed by atoms with Crippen molar-refractivity contribution in [2.45, 2.75) is 37.7 Å². The summed E-state index contributed by atoms with van der Waals surface area (Å²) in [6, 6.07) is 4.12. The molecule has 2 aromatic rings. The van der Waals surface area contributed by atoms with Gasteiger partial charge < -0.3 is 9.64 Å². The van der Waals surface area contributed by atoms with Crippen LogP contribution in [-0.4, -0.2) is 35.3 Å². The molecule has 0 unspecified atom stereocenters. The maximum Gasteiger partial charge on any atom is 0.112 e. The Morgan fingerprint density at radius 2 is 2.05 bits per heavy atom. The van der Waals surface area contributed by atoms with Gasteiger partial charge in [-0.3, -0.25) is 9.97 Å². The molecule has 0 radical (unpaired) electrons. The van der Waals surface area contributed by atoms with Crippen molar-refractivity contribution in [2.75, 3.05) is 24.6 Å². The molecule has 3 heterocycles. The summed E-state index contributed by atoms with van der Waals surface area (Å²) in [5.41, 5.74) is 3.17. The Kier molecular flexibility index (Phi) is 3.78. The van der Waals surface area contributed by atoms with E-state index in [1.165, 1.54) is 37.8 Å². The summed E-state index contributed by atoms with van der Waals surface area (Å²) >= 11 is 3.47. The van der Waals surface area contributed by atoms with Gasteiger partial charge in [0.05, 0.1) is 23.4 Å². The summed E-state index contributed by atoms with van der Waals surface area (Å²) in [6.45, 7) is 2.71. The number of anilines is 1. The molecule has 2 aromatic heterocycles. The molecule has 0 N–H and O–H groups in total. The van der Waals surface area contributed by atoms with Crippen LogP contribution >= 0.6 is 15.9 Å². The van der Waals surface area contributed by atoms with Crippen LogP contribution in [0.1, 0.15) is 32.1 Å². The molecule has 116 valence electrons. The normalized spacial score (nSPS) is 21.4. The van der Waals surface area contributed by atoms with E-state index in [1.807, 2.05) is 18.5 Å². The Labute approximate surface area is 139 Å². The van der Waals surface area contributed by atoms with Gasteiger partial charge in [-0.25, -0.2) is 0 Å². The molecule has 5 heteroatoms. The van der Waals surface area contributed by atoms with Crippen molar-refractivity contribution in [2.24, 2.45) is 0 Å². The zero-order valence-corrected chi connectivity index (χ0v) is 14.2. The van der Waals surface area contributed by atoms with E-state index >= 15 is 0 Å². The Hall–Kier alpha value is -1.20. The van der Waals surface area contributed by atoms with E-state index in [2.05, 4.69) is 36.9 Å². The lowest BCUT2D eigenvalue weighted by Crippen LogP contribution is -2.53. The molecule has 4 rings (SSSR count). The number of fused-ring (bicyclic) bond motifs is 1. The molecule has 1 aliphatic heterocycles. The summed E-state index contributed by atoms with van der Waals surface area (Å²) in [6.07, 6.45) is 10.0. The highest BCUT2D eigenvalue weighted by Crippen LogP contribution is 2.37. The lowest BCUT2D eigenvalue weighted by atomic mass is 9.83. The largest absolute Gasteiger partial charge is 0.371 e. The molecule has 2 aliphatic rings. The molecule has 1 aliphatic carbocycles. The van der Waals surface area contributed by atoms with Crippen LogP contribution in [0.5, 0.6) is 0 Å². The van der Waals surface area contributed by atoms with Crippen LogP contribution in [0.3, 0.4) is 0 Å². The second kappa shape index (κ2) is 5.78. The highest BCUT2D eigenvalue weighted by Gasteiger charge is 2.38. The van der Waals surface area contributed by atoms with E-state index < -0.39 is 0 Å². The summed E-state index contributed by atoms with van der Waals surface area (Å²) in [5.74, 6) is 0. The fraction of sp³-hybridized carbons (Fsp3) is 0.529. The molecule has 1 saturated carbocycles. The van der Waals surface area contributed by atoms with Gasteiger partial charge in [-0.1, -0.05) is 19.3 Å². The highest BCUT2D eigenvalue weighted by atomic mass is 79.9. The number of morpholine rings is 1. The highest BCUT2D eigenvalue weighted by molar-refractivity contribution is 9.10. The van der Waals surface area contributed by atoms with Gasteiger partial charge in [0.15, 0.2) is 0 Å². The number of aromatic nitrogens is 2. The van der Waals surface area contributed by atoms with Crippen molar-refractivity contribution in [1.29, 1.82) is 0 Å². The third kappa shape index (κ3) is 2.61. The van der Waals surface area contributed by atoms with Crippen molar-refractivity contribution in [1.82, 2.24) is 9.97 Å². The van der Waals surface area contributed by atoms with E-state index in [0.29, 0.717) is 0 Å². The third-order valence-corrected chi connectivity index (χ3v) is 5.31. The van der Waals surface area contributed by atoms with E-state index in [4.69, 9.17) is 4.74 Å². The SMILES string of the molecule is Brc1cnc2c(N3CCOC4(CCCCC4)C3)ccnc2c1. The van der Waals surface area contributed by atoms with Crippen LogP contribution < -0.4 is 4.90 Å². The van der Waals surface area contributed by atoms with Crippen LogP contribution in [0.2, 0.25) is 0 Å². The van der Waals surface area contributed by atoms with Gasteiger partial charge >= 0.3 is 0 Å². The van der Waals surface area contributed by atoms with E-state index in [0.717, 1.165) is 35.2 Å². The summed E-state index contributed by atoms with van der Waals surface area (Å²) in [4.78, 5) is 11.5. The average molecular weight is 362 g/mol. The van der Waals surface area contributed by atoms with Gasteiger partial charge in [0.1, 0.15) is 5.52 Å². The third-order valence-electron chi connectivity index (χ3n) is 4.88. The van der Waals surface area contributed by atoms with E-state index in [9.17, 15) is 0 Å². The topological polar surface area (TPSA) is 38.2 Å². The number of nitrogens with zero attached hydrogens (tertiary/aromatic N) is 3. The molecule has 4 nitrogen and oxygen atoms in total. The summed E-state index contributed by atoms with van der Waals surface area (Å²) < 4.78 is 7.17. The smallest absolute Gasteiger partial charge is 0.112 e. The maximum absolute atomic E-state index is 6.20. The molecule has 0 amide bonds. The first-order chi connectivity index (χ1) is 10.8. The van der Waals surface area contributed by atoms with Gasteiger partial charge in [0.2, 0.25) is 0 Å². The van der Waals surface area contributed by atoms with Crippen molar-refractivity contribution in [3.05, 3.63) is 29.0 Å². The van der Waals surface area contributed by atoms with E-state index in [1.54, 1.807) is 0 Å². The van der Waals surface area contributed by atoms with Gasteiger partial charge in [0, 0.05) is 30.0 Å². The Morgan fingerprint density at radius 1 is 1.18 bits per heavy atom. The minimum atomic E-state index is 0.0570. The molecule has 0 atom stereocenters. The number of halogens is 1. The second-order valence-corrected chi connectivity index (χ2v) is 7.28. The summed E-state index contributed by atoms with van der Waals surface area (Å²) in [5, 5.41) is 0. The maximum atomic E-state index is 6.20. The van der Waals surface area contributed by atoms with Crippen LogP contribution in [0, 0.1) is 0 Å². The molecule has 2 fully saturated rings. The molecule has 1 saturated heterocycles. The molecule has 1 spiro atoms. The lowest BCUT2D eigenvalue weighted by Gasteiger charge is -2.45. The fourth-order valence-corrected chi connectivity index (χ4v) is 4.11. The van der Waals surface area contributed by atoms with Crippen molar-refractivity contribution in [3.63, 3.8) is 0 Å². The molecular weight excluding hydrogens is 342 g/mol. The van der Waals surface area contributed by atoms with Gasteiger partial charge in [-0.2, -0.15) is 0 Å². The second-order valence-electron chi connectivity index (χ2n) is 6.37. The van der Waals surface area contributed by atoms with Crippen LogP contribution in [0.25, 0.3) is 11.0 Å². The van der Waals surface area contributed by atoms with Gasteiger partial charge in [0.25, 0.3) is 0 Å². The van der Waals surface area contributed by atoms with Crippen molar-refractivity contribution < 1.29 is 4.74 Å². The molecule has 0 aromatic carbocycles. The van der Waals surface area contributed by atoms with Gasteiger partial charge in [-0.05, 0) is 40.9 Å². The van der Waals surface area contributed by atoms with Crippen LogP contribution in [-0.2, 0) is 4.74 Å². The first kappa shape index (κ1) is 14.4. The minimum Gasteiger partial charge on any atom is -0.371 e. The molecule has 22 heavy (non-hydrogen) atoms. The first-order valence-electron chi connectivity index (χ1n) is 8.05. The Bertz CT molecular complexity index is 679. The quantitative estimate of drug-likeness (QED) is 0.771. The first-order valence-corrected chi connectivity index (χ1v) is 8.84. The Balaban J connectivity index is 1.69. The minimum absolute atomic E-state index is 0.0570. The predicted molar refractivity (Wildman–Crippen MR) is 91.2 cm³/mol. The molecular formula is C17H20BrN3O. The van der Waals surface area contributed by atoms with Crippen LogP contribution in [0.15, 0.2) is 29.0 Å². The summed E-state index contributed by atoms with van der Waals surface area (Å²) in [7, 11) is 0. The average Bonchev–Trinajstić information content (AvgIpc) is 2.55. The van der Waals surface area contributed by atoms with Crippen molar-refractivity contribution in [3.8, 4) is 0 Å². The Morgan fingerprint density at radius 3 is 2.91 bits per heavy atom. The van der Waals surface area contributed by atoms with Crippen molar-refractivity contribution >= 4 is 32.7 Å². The number of pyridine rings is 2. The standard InChI is InChI=1S/C17H20BrN3O/c18-13-10-14-16(20-11-13)15(4-7-19-14)21-8-9-22-17(12-21)5-2-1-3-6-17/h4,7,10-11H,1-3,5-6,8-9,12H2. The fourth-order valence-electron chi connectivity index (χ4n) is 3.80.